The number of anilines is 1. The molecule has 0 aromatic heterocycles. The smallest absolute Gasteiger partial charge is 0.495 e. The third kappa shape index (κ3) is 5.46. The summed E-state index contributed by atoms with van der Waals surface area (Å²) in [6.45, 7) is 0.980. The number of benzene rings is 2. The summed E-state index contributed by atoms with van der Waals surface area (Å²) < 4.78 is 73.5. The zero-order chi connectivity index (χ0) is 21.2. The molecule has 1 fully saturated rings. The topological polar surface area (TPSA) is 67.9 Å². The Hall–Kier alpha value is -2.17. The molecular formula is C18H18ClF3N2O4S. The molecule has 11 heteroatoms. The van der Waals surface area contributed by atoms with E-state index in [1.807, 2.05) is 4.90 Å². The SMILES string of the molecule is COc1ccc(Cl)cc1N1CC[C@@H](NS(=O)(=O)c2ccc(OC(F)(F)F)cc2)C1. The number of ether oxygens (including phenoxy) is 2. The Morgan fingerprint density at radius 1 is 1.17 bits per heavy atom. The second kappa shape index (κ2) is 8.29. The van der Waals surface area contributed by atoms with Crippen molar-refractivity contribution in [2.45, 2.75) is 23.7 Å². The minimum atomic E-state index is -4.84. The van der Waals surface area contributed by atoms with Gasteiger partial charge in [0.15, 0.2) is 0 Å². The van der Waals surface area contributed by atoms with Gasteiger partial charge in [0.25, 0.3) is 0 Å². The summed E-state index contributed by atoms with van der Waals surface area (Å²) in [6.07, 6.45) is -4.29. The highest BCUT2D eigenvalue weighted by Crippen LogP contribution is 2.33. The van der Waals surface area contributed by atoms with Crippen molar-refractivity contribution in [2.24, 2.45) is 0 Å². The fourth-order valence-corrected chi connectivity index (χ4v) is 4.52. The zero-order valence-corrected chi connectivity index (χ0v) is 16.8. The van der Waals surface area contributed by atoms with E-state index in [9.17, 15) is 21.6 Å². The van der Waals surface area contributed by atoms with E-state index in [0.717, 1.165) is 30.0 Å². The number of methoxy groups -OCH3 is 1. The summed E-state index contributed by atoms with van der Waals surface area (Å²) in [5, 5.41) is 0.533. The van der Waals surface area contributed by atoms with Crippen molar-refractivity contribution in [3.63, 3.8) is 0 Å². The molecule has 1 aliphatic rings. The zero-order valence-electron chi connectivity index (χ0n) is 15.2. The first kappa shape index (κ1) is 21.5. The highest BCUT2D eigenvalue weighted by Gasteiger charge is 2.32. The molecule has 29 heavy (non-hydrogen) atoms. The molecule has 0 radical (unpaired) electrons. The number of nitrogens with one attached hydrogen (secondary N) is 1. The number of hydrogen-bond acceptors (Lipinski definition) is 5. The number of sulfonamides is 1. The first-order chi connectivity index (χ1) is 13.6. The maximum Gasteiger partial charge on any atom is 0.573 e. The largest absolute Gasteiger partial charge is 0.573 e. The van der Waals surface area contributed by atoms with E-state index in [0.29, 0.717) is 30.3 Å². The average Bonchev–Trinajstić information content (AvgIpc) is 3.08. The van der Waals surface area contributed by atoms with Crippen molar-refractivity contribution in [1.29, 1.82) is 0 Å². The van der Waals surface area contributed by atoms with Gasteiger partial charge in [-0.2, -0.15) is 0 Å². The van der Waals surface area contributed by atoms with E-state index >= 15 is 0 Å². The van der Waals surface area contributed by atoms with Crippen LogP contribution in [0.25, 0.3) is 0 Å². The third-order valence-electron chi connectivity index (χ3n) is 4.36. The van der Waals surface area contributed by atoms with Gasteiger partial charge < -0.3 is 14.4 Å². The van der Waals surface area contributed by atoms with Crippen LogP contribution in [0.3, 0.4) is 0 Å². The molecule has 0 bridgehead atoms. The molecule has 1 atom stereocenters. The predicted molar refractivity (Wildman–Crippen MR) is 102 cm³/mol. The van der Waals surface area contributed by atoms with Crippen molar-refractivity contribution in [1.82, 2.24) is 4.72 Å². The van der Waals surface area contributed by atoms with Gasteiger partial charge >= 0.3 is 6.36 Å². The van der Waals surface area contributed by atoms with Crippen LogP contribution >= 0.6 is 11.6 Å². The molecule has 1 N–H and O–H groups in total. The lowest BCUT2D eigenvalue weighted by atomic mass is 10.2. The van der Waals surface area contributed by atoms with Crippen LogP contribution in [0.5, 0.6) is 11.5 Å². The highest BCUT2D eigenvalue weighted by atomic mass is 35.5. The summed E-state index contributed by atoms with van der Waals surface area (Å²) >= 11 is 6.05. The van der Waals surface area contributed by atoms with Gasteiger partial charge in [-0.05, 0) is 48.9 Å². The number of rotatable bonds is 6. The Balaban J connectivity index is 1.68. The van der Waals surface area contributed by atoms with E-state index in [2.05, 4.69) is 9.46 Å². The minimum absolute atomic E-state index is 0.147. The molecule has 0 amide bonds. The van der Waals surface area contributed by atoms with E-state index < -0.39 is 22.1 Å². The molecule has 2 aromatic rings. The molecule has 0 spiro atoms. The van der Waals surface area contributed by atoms with Crippen LogP contribution < -0.4 is 19.1 Å². The standard InChI is InChI=1S/C18H18ClF3N2O4S/c1-27-17-7-2-12(19)10-16(17)24-9-8-13(11-24)23-29(25,26)15-5-3-14(4-6-15)28-18(20,21)22/h2-7,10,13,23H,8-9,11H2,1H3/t13-/m1/s1. The molecule has 1 saturated heterocycles. The van der Waals surface area contributed by atoms with Gasteiger partial charge in [0.2, 0.25) is 10.0 Å². The molecule has 158 valence electrons. The van der Waals surface area contributed by atoms with Gasteiger partial charge in [-0.1, -0.05) is 11.6 Å². The minimum Gasteiger partial charge on any atom is -0.495 e. The Morgan fingerprint density at radius 3 is 2.48 bits per heavy atom. The third-order valence-corrected chi connectivity index (χ3v) is 6.13. The second-order valence-electron chi connectivity index (χ2n) is 6.39. The van der Waals surface area contributed by atoms with Gasteiger partial charge in [0.05, 0.1) is 17.7 Å². The van der Waals surface area contributed by atoms with Crippen molar-refractivity contribution < 1.29 is 31.1 Å². The van der Waals surface area contributed by atoms with E-state index in [1.54, 1.807) is 18.2 Å². The Bertz CT molecular complexity index is 968. The lowest BCUT2D eigenvalue weighted by Gasteiger charge is -2.21. The number of halogens is 4. The van der Waals surface area contributed by atoms with Gasteiger partial charge in [0, 0.05) is 24.2 Å². The highest BCUT2D eigenvalue weighted by molar-refractivity contribution is 7.89. The predicted octanol–water partition coefficient (Wildman–Crippen LogP) is 3.80. The quantitative estimate of drug-likeness (QED) is 0.725. The van der Waals surface area contributed by atoms with Crippen LogP contribution in [-0.2, 0) is 10.0 Å². The van der Waals surface area contributed by atoms with E-state index in [1.165, 1.54) is 7.11 Å². The van der Waals surface area contributed by atoms with Gasteiger partial charge in [-0.25, -0.2) is 13.1 Å². The molecule has 0 aliphatic carbocycles. The maximum atomic E-state index is 12.6. The van der Waals surface area contributed by atoms with E-state index in [4.69, 9.17) is 16.3 Å². The molecule has 6 nitrogen and oxygen atoms in total. The van der Waals surface area contributed by atoms with Crippen LogP contribution in [0.15, 0.2) is 47.4 Å². The van der Waals surface area contributed by atoms with Crippen molar-refractivity contribution in [3.05, 3.63) is 47.5 Å². The first-order valence-corrected chi connectivity index (χ1v) is 10.4. The van der Waals surface area contributed by atoms with Crippen molar-refractivity contribution in [3.8, 4) is 11.5 Å². The van der Waals surface area contributed by atoms with Crippen LogP contribution in [0.4, 0.5) is 18.9 Å². The number of nitrogens with zero attached hydrogens (tertiary/aromatic N) is 1. The second-order valence-corrected chi connectivity index (χ2v) is 8.54. The van der Waals surface area contributed by atoms with Crippen molar-refractivity contribution >= 4 is 27.3 Å². The monoisotopic (exact) mass is 450 g/mol. The molecular weight excluding hydrogens is 433 g/mol. The van der Waals surface area contributed by atoms with Gasteiger partial charge in [-0.3, -0.25) is 0 Å². The first-order valence-electron chi connectivity index (χ1n) is 8.54. The normalized spacial score (nSPS) is 17.4. The fourth-order valence-electron chi connectivity index (χ4n) is 3.09. The van der Waals surface area contributed by atoms with Crippen LogP contribution in [0.2, 0.25) is 5.02 Å². The van der Waals surface area contributed by atoms with Crippen LogP contribution in [0.1, 0.15) is 6.42 Å². The maximum absolute atomic E-state index is 12.6. The average molecular weight is 451 g/mol. The summed E-state index contributed by atoms with van der Waals surface area (Å²) in [7, 11) is -2.37. The molecule has 2 aromatic carbocycles. The Kier molecular flexibility index (Phi) is 6.16. The summed E-state index contributed by atoms with van der Waals surface area (Å²) in [6, 6.07) is 8.85. The summed E-state index contributed by atoms with van der Waals surface area (Å²) in [5.74, 6) is 0.134. The molecule has 3 rings (SSSR count). The molecule has 0 unspecified atom stereocenters. The fraction of sp³-hybridized carbons (Fsp3) is 0.333. The Morgan fingerprint density at radius 2 is 1.86 bits per heavy atom. The van der Waals surface area contributed by atoms with Crippen LogP contribution in [0, 0.1) is 0 Å². The summed E-state index contributed by atoms with van der Waals surface area (Å²) in [4.78, 5) is 1.81. The van der Waals surface area contributed by atoms with Crippen LogP contribution in [-0.4, -0.2) is 41.0 Å². The van der Waals surface area contributed by atoms with E-state index in [-0.39, 0.29) is 10.9 Å². The molecule has 0 saturated carbocycles. The van der Waals surface area contributed by atoms with Crippen molar-refractivity contribution in [2.75, 3.05) is 25.1 Å². The van der Waals surface area contributed by atoms with Gasteiger partial charge in [-0.15, -0.1) is 13.2 Å². The van der Waals surface area contributed by atoms with Gasteiger partial charge in [0.1, 0.15) is 11.5 Å². The number of hydrogen-bond donors (Lipinski definition) is 1. The lowest BCUT2D eigenvalue weighted by Crippen LogP contribution is -2.37. The molecule has 1 heterocycles. The Labute approximate surface area is 171 Å². The molecule has 1 aliphatic heterocycles. The lowest BCUT2D eigenvalue weighted by molar-refractivity contribution is -0.274. The summed E-state index contributed by atoms with van der Waals surface area (Å²) in [5.41, 5.74) is 0.760. The number of alkyl halides is 3.